The molecule has 4 rings (SSSR count). The van der Waals surface area contributed by atoms with Gasteiger partial charge in [-0.2, -0.15) is 0 Å². The molecule has 1 aliphatic carbocycles. The van der Waals surface area contributed by atoms with Crippen LogP contribution in [-0.4, -0.2) is 48.6 Å². The Morgan fingerprint density at radius 3 is 3.00 bits per heavy atom. The van der Waals surface area contributed by atoms with Crippen molar-refractivity contribution in [3.63, 3.8) is 0 Å². The van der Waals surface area contributed by atoms with Crippen LogP contribution in [0.5, 0.6) is 0 Å². The molecular weight excluding hydrogens is 290 g/mol. The maximum absolute atomic E-state index is 12.6. The van der Waals surface area contributed by atoms with E-state index < -0.39 is 0 Å². The second-order valence-electron chi connectivity index (χ2n) is 7.27. The van der Waals surface area contributed by atoms with Crippen molar-refractivity contribution in [2.45, 2.75) is 19.4 Å². The second-order valence-corrected chi connectivity index (χ2v) is 7.27. The van der Waals surface area contributed by atoms with E-state index in [-0.39, 0.29) is 11.8 Å². The summed E-state index contributed by atoms with van der Waals surface area (Å²) < 4.78 is 5.74. The largest absolute Gasteiger partial charge is 0.380 e. The maximum atomic E-state index is 12.6. The first-order valence-corrected chi connectivity index (χ1v) is 8.77. The molecule has 5 heteroatoms. The van der Waals surface area contributed by atoms with Crippen molar-refractivity contribution in [1.82, 2.24) is 15.2 Å². The molecule has 124 valence electrons. The van der Waals surface area contributed by atoms with E-state index in [4.69, 9.17) is 4.74 Å². The van der Waals surface area contributed by atoms with E-state index >= 15 is 0 Å². The summed E-state index contributed by atoms with van der Waals surface area (Å²) in [6.45, 7) is 5.26. The quantitative estimate of drug-likeness (QED) is 0.890. The van der Waals surface area contributed by atoms with Crippen LogP contribution in [0.3, 0.4) is 0 Å². The molecule has 2 aliphatic heterocycles. The third-order valence-corrected chi connectivity index (χ3v) is 5.43. The maximum Gasteiger partial charge on any atom is 0.226 e. The first-order valence-electron chi connectivity index (χ1n) is 8.77. The van der Waals surface area contributed by atoms with Crippen molar-refractivity contribution in [3.8, 4) is 0 Å². The Morgan fingerprint density at radius 2 is 2.22 bits per heavy atom. The van der Waals surface area contributed by atoms with Crippen LogP contribution in [0.25, 0.3) is 0 Å². The van der Waals surface area contributed by atoms with E-state index in [1.807, 2.05) is 18.2 Å². The molecule has 1 saturated carbocycles. The summed E-state index contributed by atoms with van der Waals surface area (Å²) in [6.07, 6.45) is 4.53. The normalized spacial score (nSPS) is 30.9. The molecule has 0 unspecified atom stereocenters. The van der Waals surface area contributed by atoms with Gasteiger partial charge in [-0.3, -0.25) is 9.78 Å². The first kappa shape index (κ1) is 15.1. The predicted octanol–water partition coefficient (Wildman–Crippen LogP) is 1.30. The van der Waals surface area contributed by atoms with Gasteiger partial charge in [-0.05, 0) is 42.7 Å². The van der Waals surface area contributed by atoms with Crippen molar-refractivity contribution in [2.24, 2.45) is 23.7 Å². The summed E-state index contributed by atoms with van der Waals surface area (Å²) in [6, 6.07) is 5.77. The molecule has 0 bridgehead atoms. The van der Waals surface area contributed by atoms with Crippen molar-refractivity contribution in [3.05, 3.63) is 30.1 Å². The average molecular weight is 315 g/mol. The van der Waals surface area contributed by atoms with Gasteiger partial charge in [0.15, 0.2) is 0 Å². The molecular formula is C18H25N3O2. The number of aromatic nitrogens is 1. The van der Waals surface area contributed by atoms with E-state index in [0.29, 0.717) is 25.0 Å². The van der Waals surface area contributed by atoms with Crippen molar-refractivity contribution in [1.29, 1.82) is 0 Å². The summed E-state index contributed by atoms with van der Waals surface area (Å²) in [5.41, 5.74) is 0.899. The molecule has 3 heterocycles. The first-order chi connectivity index (χ1) is 11.3. The van der Waals surface area contributed by atoms with Crippen molar-refractivity contribution >= 4 is 5.91 Å². The van der Waals surface area contributed by atoms with Crippen LogP contribution in [0.1, 0.15) is 18.5 Å². The number of hydrogen-bond donors (Lipinski definition) is 1. The van der Waals surface area contributed by atoms with Gasteiger partial charge in [0.2, 0.25) is 5.91 Å². The Labute approximate surface area is 137 Å². The highest BCUT2D eigenvalue weighted by Crippen LogP contribution is 2.37. The molecule has 3 atom stereocenters. The Balaban J connectivity index is 1.34. The number of ether oxygens (including phenoxy) is 1. The number of rotatable bonds is 5. The average Bonchev–Trinajstić information content (AvgIpc) is 3.29. The highest BCUT2D eigenvalue weighted by atomic mass is 16.5. The predicted molar refractivity (Wildman–Crippen MR) is 86.5 cm³/mol. The van der Waals surface area contributed by atoms with Crippen LogP contribution in [0.15, 0.2) is 24.4 Å². The lowest BCUT2D eigenvalue weighted by Gasteiger charge is -2.32. The molecule has 1 amide bonds. The third-order valence-electron chi connectivity index (χ3n) is 5.43. The Morgan fingerprint density at radius 1 is 1.30 bits per heavy atom. The minimum absolute atomic E-state index is 0.0123. The molecule has 3 aliphatic rings. The summed E-state index contributed by atoms with van der Waals surface area (Å²) >= 11 is 0. The van der Waals surface area contributed by atoms with Crippen LogP contribution < -0.4 is 5.32 Å². The van der Waals surface area contributed by atoms with E-state index in [0.717, 1.165) is 31.3 Å². The second kappa shape index (κ2) is 6.57. The number of fused-ring (bicyclic) bond motifs is 1. The van der Waals surface area contributed by atoms with Gasteiger partial charge in [-0.15, -0.1) is 0 Å². The van der Waals surface area contributed by atoms with E-state index in [1.165, 1.54) is 19.4 Å². The van der Waals surface area contributed by atoms with Crippen LogP contribution in [-0.2, 0) is 16.1 Å². The van der Waals surface area contributed by atoms with Crippen LogP contribution >= 0.6 is 0 Å². The number of nitrogens with one attached hydrogen (secondary N) is 1. The summed E-state index contributed by atoms with van der Waals surface area (Å²) in [5, 5.41) is 3.05. The van der Waals surface area contributed by atoms with Gasteiger partial charge in [0.25, 0.3) is 0 Å². The SMILES string of the molecule is O=C(NCc1ccccn1)[C@H]1COC[C@H]2CN(CC3CC3)C[C@H]21. The zero-order valence-corrected chi connectivity index (χ0v) is 13.5. The molecule has 3 fully saturated rings. The topological polar surface area (TPSA) is 54.5 Å². The molecule has 5 nitrogen and oxygen atoms in total. The number of nitrogens with zero attached hydrogens (tertiary/aromatic N) is 2. The minimum Gasteiger partial charge on any atom is -0.380 e. The number of likely N-dealkylation sites (tertiary alicyclic amines) is 1. The molecule has 23 heavy (non-hydrogen) atoms. The molecule has 1 aromatic heterocycles. The van der Waals surface area contributed by atoms with Gasteiger partial charge in [0.1, 0.15) is 0 Å². The van der Waals surface area contributed by atoms with Gasteiger partial charge in [-0.1, -0.05) is 6.07 Å². The fraction of sp³-hybridized carbons (Fsp3) is 0.667. The van der Waals surface area contributed by atoms with Crippen LogP contribution in [0.4, 0.5) is 0 Å². The number of carbonyl (C=O) groups is 1. The number of hydrogen-bond acceptors (Lipinski definition) is 4. The highest BCUT2D eigenvalue weighted by Gasteiger charge is 2.44. The molecule has 0 aromatic carbocycles. The van der Waals surface area contributed by atoms with Gasteiger partial charge in [0, 0.05) is 25.8 Å². The molecule has 1 aromatic rings. The number of pyridine rings is 1. The molecule has 2 saturated heterocycles. The van der Waals surface area contributed by atoms with E-state index in [1.54, 1.807) is 6.20 Å². The van der Waals surface area contributed by atoms with Gasteiger partial charge >= 0.3 is 0 Å². The summed E-state index contributed by atoms with van der Waals surface area (Å²) in [7, 11) is 0. The molecule has 0 spiro atoms. The smallest absolute Gasteiger partial charge is 0.226 e. The zero-order valence-electron chi connectivity index (χ0n) is 13.5. The van der Waals surface area contributed by atoms with Crippen molar-refractivity contribution in [2.75, 3.05) is 32.8 Å². The fourth-order valence-corrected chi connectivity index (χ4v) is 3.99. The lowest BCUT2D eigenvalue weighted by molar-refractivity contribution is -0.133. The van der Waals surface area contributed by atoms with Gasteiger partial charge in [0.05, 0.1) is 31.4 Å². The lowest BCUT2D eigenvalue weighted by Crippen LogP contribution is -2.44. The molecule has 0 radical (unpaired) electrons. The standard InChI is InChI=1S/C18H25N3O2/c22-18(20-7-15-3-1-2-6-19-15)17-12-23-11-14-9-21(10-16(14)17)8-13-4-5-13/h1-3,6,13-14,16-17H,4-5,7-12H2,(H,20,22)/t14-,16-,17+/m1/s1. The zero-order chi connectivity index (χ0) is 15.6. The lowest BCUT2D eigenvalue weighted by atomic mass is 9.82. The Hall–Kier alpha value is -1.46. The van der Waals surface area contributed by atoms with Crippen molar-refractivity contribution < 1.29 is 9.53 Å². The van der Waals surface area contributed by atoms with Gasteiger partial charge < -0.3 is 15.0 Å². The van der Waals surface area contributed by atoms with E-state index in [9.17, 15) is 4.79 Å². The monoisotopic (exact) mass is 315 g/mol. The van der Waals surface area contributed by atoms with Crippen LogP contribution in [0.2, 0.25) is 0 Å². The number of carbonyl (C=O) groups excluding carboxylic acids is 1. The van der Waals surface area contributed by atoms with E-state index in [2.05, 4.69) is 15.2 Å². The highest BCUT2D eigenvalue weighted by molar-refractivity contribution is 5.79. The van der Waals surface area contributed by atoms with Crippen LogP contribution in [0, 0.1) is 23.7 Å². The Bertz CT molecular complexity index is 546. The summed E-state index contributed by atoms with van der Waals surface area (Å²) in [5.74, 6) is 1.99. The minimum atomic E-state index is -0.0123. The fourth-order valence-electron chi connectivity index (χ4n) is 3.99. The summed E-state index contributed by atoms with van der Waals surface area (Å²) in [4.78, 5) is 19.4. The number of amides is 1. The Kier molecular flexibility index (Phi) is 4.31. The third kappa shape index (κ3) is 3.56. The molecule has 1 N–H and O–H groups in total. The van der Waals surface area contributed by atoms with Gasteiger partial charge in [-0.25, -0.2) is 0 Å².